The lowest BCUT2D eigenvalue weighted by atomic mass is 9.87. The summed E-state index contributed by atoms with van der Waals surface area (Å²) in [6, 6.07) is 9.48. The molecule has 106 valence electrons. The van der Waals surface area contributed by atoms with Crippen LogP contribution in [-0.2, 0) is 13.1 Å². The Morgan fingerprint density at radius 3 is 3.05 bits per heavy atom. The molecule has 3 heterocycles. The van der Waals surface area contributed by atoms with Gasteiger partial charge in [0.05, 0.1) is 6.54 Å². The third kappa shape index (κ3) is 2.49. The second kappa shape index (κ2) is 5.82. The number of aromatic nitrogens is 1. The maximum absolute atomic E-state index is 4.40. The number of benzene rings is 1. The second-order valence-corrected chi connectivity index (χ2v) is 6.39. The van der Waals surface area contributed by atoms with Gasteiger partial charge in [0.1, 0.15) is 5.01 Å². The molecule has 0 saturated carbocycles. The summed E-state index contributed by atoms with van der Waals surface area (Å²) in [5.74, 6) is 0.643. The van der Waals surface area contributed by atoms with Crippen molar-refractivity contribution in [2.75, 3.05) is 13.1 Å². The number of nitrogens with zero attached hydrogens (tertiary/aromatic N) is 2. The predicted octanol–water partition coefficient (Wildman–Crippen LogP) is 2.64. The van der Waals surface area contributed by atoms with Crippen molar-refractivity contribution in [2.45, 2.75) is 25.0 Å². The van der Waals surface area contributed by atoms with Gasteiger partial charge in [-0.1, -0.05) is 24.3 Å². The number of likely N-dealkylation sites (tertiary alicyclic amines) is 1. The van der Waals surface area contributed by atoms with Gasteiger partial charge in [0.15, 0.2) is 0 Å². The van der Waals surface area contributed by atoms with Crippen molar-refractivity contribution < 1.29 is 0 Å². The topological polar surface area (TPSA) is 28.2 Å². The fraction of sp³-hybridized carbons (Fsp3) is 0.400. The van der Waals surface area contributed by atoms with E-state index in [4.69, 9.17) is 0 Å². The van der Waals surface area contributed by atoms with E-state index < -0.39 is 0 Å². The summed E-state index contributed by atoms with van der Waals surface area (Å²) in [6.45, 7) is 4.30. The highest BCUT2D eigenvalue weighted by Gasteiger charge is 2.37. The number of thiazole rings is 1. The lowest BCUT2D eigenvalue weighted by Gasteiger charge is -2.28. The first-order valence-corrected chi connectivity index (χ1v) is 7.70. The Bertz CT molecular complexity index is 572. The Morgan fingerprint density at radius 1 is 1.30 bits per heavy atom. The zero-order valence-electron chi connectivity index (χ0n) is 11.2. The molecule has 1 aromatic carbocycles. The number of halogens is 1. The van der Waals surface area contributed by atoms with Crippen LogP contribution in [0.1, 0.15) is 22.1 Å². The molecule has 0 bridgehead atoms. The summed E-state index contributed by atoms with van der Waals surface area (Å²) in [7, 11) is 0. The third-order valence-corrected chi connectivity index (χ3v) is 5.01. The fourth-order valence-electron chi connectivity index (χ4n) is 3.36. The molecule has 2 aliphatic rings. The second-order valence-electron chi connectivity index (χ2n) is 5.41. The van der Waals surface area contributed by atoms with E-state index in [2.05, 4.69) is 44.8 Å². The number of fused-ring (bicyclic) bond motifs is 3. The maximum atomic E-state index is 4.40. The van der Waals surface area contributed by atoms with Crippen molar-refractivity contribution in [1.29, 1.82) is 0 Å². The zero-order chi connectivity index (χ0) is 12.7. The standard InChI is InChI=1S/C15H17N3S.ClH/c1-2-4-12-11(3-1)7-17-14-9-18(8-13(12)14)10-15-16-5-6-19-15;/h1-6,13-14,17H,7-10H2;1H/t13-,14+;/m0./s1. The van der Waals surface area contributed by atoms with E-state index in [1.165, 1.54) is 10.6 Å². The molecule has 0 spiro atoms. The Morgan fingerprint density at radius 2 is 2.20 bits per heavy atom. The minimum atomic E-state index is 0. The van der Waals surface area contributed by atoms with E-state index in [0.29, 0.717) is 12.0 Å². The van der Waals surface area contributed by atoms with Crippen LogP contribution in [0.3, 0.4) is 0 Å². The molecule has 2 aliphatic heterocycles. The van der Waals surface area contributed by atoms with Crippen LogP contribution in [-0.4, -0.2) is 29.0 Å². The minimum Gasteiger partial charge on any atom is -0.308 e. The van der Waals surface area contributed by atoms with Gasteiger partial charge in [-0.15, -0.1) is 23.7 Å². The molecule has 0 unspecified atom stereocenters. The van der Waals surface area contributed by atoms with Crippen molar-refractivity contribution in [1.82, 2.24) is 15.2 Å². The lowest BCUT2D eigenvalue weighted by molar-refractivity contribution is 0.319. The average Bonchev–Trinajstić information content (AvgIpc) is 3.08. The van der Waals surface area contributed by atoms with E-state index >= 15 is 0 Å². The molecule has 1 N–H and O–H groups in total. The largest absolute Gasteiger partial charge is 0.308 e. The summed E-state index contributed by atoms with van der Waals surface area (Å²) in [6.07, 6.45) is 1.90. The number of nitrogens with one attached hydrogen (secondary N) is 1. The van der Waals surface area contributed by atoms with Gasteiger partial charge in [0.25, 0.3) is 0 Å². The molecule has 1 fully saturated rings. The first kappa shape index (κ1) is 14.0. The molecule has 1 aromatic heterocycles. The summed E-state index contributed by atoms with van der Waals surface area (Å²) >= 11 is 1.76. The average molecular weight is 308 g/mol. The van der Waals surface area contributed by atoms with E-state index in [9.17, 15) is 0 Å². The van der Waals surface area contributed by atoms with Crippen molar-refractivity contribution in [3.63, 3.8) is 0 Å². The molecule has 1 saturated heterocycles. The monoisotopic (exact) mass is 307 g/mol. The van der Waals surface area contributed by atoms with Crippen LogP contribution in [0.25, 0.3) is 0 Å². The van der Waals surface area contributed by atoms with E-state index in [0.717, 1.165) is 26.2 Å². The van der Waals surface area contributed by atoms with Gasteiger partial charge >= 0.3 is 0 Å². The minimum absolute atomic E-state index is 0. The van der Waals surface area contributed by atoms with E-state index in [1.54, 1.807) is 16.9 Å². The van der Waals surface area contributed by atoms with Crippen molar-refractivity contribution in [2.24, 2.45) is 0 Å². The SMILES string of the molecule is Cl.c1ccc2c(c1)CN[C@@H]1CN(Cc3nccs3)C[C@@H]21. The summed E-state index contributed by atoms with van der Waals surface area (Å²) in [4.78, 5) is 6.93. The lowest BCUT2D eigenvalue weighted by Crippen LogP contribution is -2.39. The highest BCUT2D eigenvalue weighted by molar-refractivity contribution is 7.09. The van der Waals surface area contributed by atoms with Gasteiger partial charge in [-0.05, 0) is 11.1 Å². The van der Waals surface area contributed by atoms with E-state index in [-0.39, 0.29) is 12.4 Å². The van der Waals surface area contributed by atoms with Gasteiger partial charge in [-0.2, -0.15) is 0 Å². The first-order valence-electron chi connectivity index (χ1n) is 6.82. The van der Waals surface area contributed by atoms with Gasteiger partial charge in [0, 0.05) is 43.2 Å². The van der Waals surface area contributed by atoms with Crippen LogP contribution in [0, 0.1) is 0 Å². The van der Waals surface area contributed by atoms with Crippen LogP contribution in [0.4, 0.5) is 0 Å². The molecular weight excluding hydrogens is 290 g/mol. The molecular formula is C15H18ClN3S. The molecule has 2 aromatic rings. The summed E-state index contributed by atoms with van der Waals surface area (Å²) in [5.41, 5.74) is 3.02. The predicted molar refractivity (Wildman–Crippen MR) is 84.4 cm³/mol. The van der Waals surface area contributed by atoms with Crippen LogP contribution in [0.2, 0.25) is 0 Å². The molecule has 3 nitrogen and oxygen atoms in total. The number of hydrogen-bond donors (Lipinski definition) is 1. The van der Waals surface area contributed by atoms with Crippen LogP contribution >= 0.6 is 23.7 Å². The molecule has 4 rings (SSSR count). The van der Waals surface area contributed by atoms with Crippen molar-refractivity contribution >= 4 is 23.7 Å². The van der Waals surface area contributed by atoms with E-state index in [1.807, 2.05) is 6.20 Å². The molecule has 0 radical (unpaired) electrons. The number of rotatable bonds is 2. The number of hydrogen-bond acceptors (Lipinski definition) is 4. The molecule has 5 heteroatoms. The van der Waals surface area contributed by atoms with Gasteiger partial charge in [-0.3, -0.25) is 4.90 Å². The fourth-order valence-corrected chi connectivity index (χ4v) is 4.01. The third-order valence-electron chi connectivity index (χ3n) is 4.25. The molecule has 20 heavy (non-hydrogen) atoms. The van der Waals surface area contributed by atoms with Gasteiger partial charge in [0.2, 0.25) is 0 Å². The van der Waals surface area contributed by atoms with Crippen LogP contribution in [0.15, 0.2) is 35.8 Å². The first-order chi connectivity index (χ1) is 9.40. The van der Waals surface area contributed by atoms with Crippen LogP contribution in [0.5, 0.6) is 0 Å². The molecule has 0 aliphatic carbocycles. The van der Waals surface area contributed by atoms with Gasteiger partial charge < -0.3 is 5.32 Å². The molecule has 2 atom stereocenters. The van der Waals surface area contributed by atoms with Crippen molar-refractivity contribution in [3.8, 4) is 0 Å². The van der Waals surface area contributed by atoms with Gasteiger partial charge in [-0.25, -0.2) is 4.98 Å². The van der Waals surface area contributed by atoms with Crippen LogP contribution < -0.4 is 5.32 Å². The zero-order valence-corrected chi connectivity index (χ0v) is 12.8. The highest BCUT2D eigenvalue weighted by Crippen LogP contribution is 2.34. The Hall–Kier alpha value is -0.940. The highest BCUT2D eigenvalue weighted by atomic mass is 35.5. The summed E-state index contributed by atoms with van der Waals surface area (Å²) < 4.78 is 0. The quantitative estimate of drug-likeness (QED) is 0.924. The van der Waals surface area contributed by atoms with Crippen molar-refractivity contribution in [3.05, 3.63) is 52.0 Å². The maximum Gasteiger partial charge on any atom is 0.107 e. The Kier molecular flexibility index (Phi) is 4.08. The smallest absolute Gasteiger partial charge is 0.107 e. The Balaban J connectivity index is 0.00000121. The Labute approximate surface area is 129 Å². The summed E-state index contributed by atoms with van der Waals surface area (Å²) in [5, 5.41) is 6.98. The normalized spacial score (nSPS) is 24.8. The molecule has 0 amide bonds.